The number of aliphatic hydroxyl groups is 1. The lowest BCUT2D eigenvalue weighted by molar-refractivity contribution is -0.152. The molecule has 10 nitrogen and oxygen atoms in total. The molecule has 0 saturated heterocycles. The zero-order valence-corrected chi connectivity index (χ0v) is 37.5. The van der Waals surface area contributed by atoms with Crippen LogP contribution < -0.4 is 4.89 Å². The molecule has 56 heavy (non-hydrogen) atoms. The van der Waals surface area contributed by atoms with Gasteiger partial charge in [-0.2, -0.15) is 0 Å². The van der Waals surface area contributed by atoms with E-state index in [1.807, 2.05) is 50.8 Å². The van der Waals surface area contributed by atoms with Crippen molar-refractivity contribution < 1.29 is 45.5 Å². The first-order valence-corrected chi connectivity index (χ1v) is 33.4. The molecule has 0 bridgehead atoms. The van der Waals surface area contributed by atoms with Gasteiger partial charge in [-0.3, -0.25) is 9.59 Å². The first-order chi connectivity index (χ1) is 21.6. The summed E-state index contributed by atoms with van der Waals surface area (Å²) in [6, 6.07) is 8.69. The van der Waals surface area contributed by atoms with E-state index < -0.39 is 67.8 Å². The topological polar surface area (TPSA) is 133 Å². The lowest BCUT2D eigenvalue weighted by Crippen LogP contribution is -2.59. The van der Waals surface area contributed by atoms with Gasteiger partial charge in [0.05, 0.1) is 25.0 Å². The van der Waals surface area contributed by atoms with Gasteiger partial charge < -0.3 is 35.9 Å². The predicted octanol–water partition coefficient (Wildman–Crippen LogP) is 11.1. The summed E-state index contributed by atoms with van der Waals surface area (Å²) in [6.07, 6.45) is 1.84. The Morgan fingerprint density at radius 2 is 1.12 bits per heavy atom. The molecule has 0 aliphatic heterocycles. The fourth-order valence-corrected chi connectivity index (χ4v) is 27.1. The summed E-state index contributed by atoms with van der Waals surface area (Å²) in [6.45, 7) is 20.6. The predicted molar refractivity (Wildman–Crippen MR) is 264 cm³/mol. The highest BCUT2D eigenvalue weighted by Gasteiger charge is 2.49. The summed E-state index contributed by atoms with van der Waals surface area (Å²) >= 11 is 4.79. The quantitative estimate of drug-likeness (QED) is 0.0677. The Bertz CT molecular complexity index is 1200. The van der Waals surface area contributed by atoms with Gasteiger partial charge in [0.2, 0.25) is 0 Å². The summed E-state index contributed by atoms with van der Waals surface area (Å²) in [7, 11) is -11.0. The normalized spacial score (nSPS) is 13.9. The number of hydrogen-bond donors (Lipinski definition) is 1. The van der Waals surface area contributed by atoms with Gasteiger partial charge in [-0.05, 0) is 70.1 Å². The first kappa shape index (κ1) is 76.5. The third-order valence-electron chi connectivity index (χ3n) is 6.58. The van der Waals surface area contributed by atoms with E-state index in [0.29, 0.717) is 31.1 Å². The summed E-state index contributed by atoms with van der Waals surface area (Å²) in [4.78, 5) is 37.6. The highest BCUT2D eigenvalue weighted by atomic mass is 32.9. The molecule has 18 heteroatoms. The summed E-state index contributed by atoms with van der Waals surface area (Å²) in [5.74, 6) is -1.76. The van der Waals surface area contributed by atoms with Crippen molar-refractivity contribution in [1.29, 1.82) is 0 Å². The van der Waals surface area contributed by atoms with Crippen LogP contribution >= 0.6 is 6.92 Å². The Morgan fingerprint density at radius 3 is 1.52 bits per heavy atom. The highest BCUT2D eigenvalue weighted by molar-refractivity contribution is 8.33. The molecule has 0 heterocycles. The molecule has 5 unspecified atom stereocenters. The maximum atomic E-state index is 13.3. The highest BCUT2D eigenvalue weighted by Crippen LogP contribution is 2.33. The number of rotatable bonds is 22. The number of aryl methyl sites for hydroxylation is 1. The van der Waals surface area contributed by atoms with Crippen molar-refractivity contribution in [2.75, 3.05) is 26.0 Å². The zero-order valence-electron chi connectivity index (χ0n) is 30.0. The second-order valence-corrected chi connectivity index (χ2v) is 36.4. The van der Waals surface area contributed by atoms with E-state index in [-0.39, 0.29) is 92.6 Å². The van der Waals surface area contributed by atoms with E-state index >= 15 is 0 Å². The van der Waals surface area contributed by atoms with Crippen LogP contribution in [0.25, 0.3) is 0 Å². The number of esters is 2. The number of benzene rings is 1. The second-order valence-electron chi connectivity index (χ2n) is 14.1. The van der Waals surface area contributed by atoms with E-state index in [2.05, 4.69) is 39.3 Å². The van der Waals surface area contributed by atoms with E-state index in [1.54, 1.807) is 6.92 Å². The standard InChI is InChI=1S/C29H56O10PS2Si5.9CH4/c1-24(28(31)34-19-16-26-12-14-27(15-13-26)17-21-40(33)42-41)22-46(10,37-43(3)36-44(4,5)6)39-47(11,38-45(7,8)9)23-25(2)29(32)35-20-18-30;;;;;;;;;/h12-15,24-25,30H,16-23H2,1-11H3;9*1H4. The molecule has 0 aliphatic rings. The van der Waals surface area contributed by atoms with Gasteiger partial charge in [0.25, 0.3) is 0 Å². The van der Waals surface area contributed by atoms with Crippen molar-refractivity contribution in [2.45, 2.75) is 165 Å². The summed E-state index contributed by atoms with van der Waals surface area (Å²) in [5.41, 5.74) is 2.14. The van der Waals surface area contributed by atoms with Crippen LogP contribution in [0.2, 0.25) is 71.0 Å². The van der Waals surface area contributed by atoms with E-state index in [4.69, 9.17) is 42.2 Å². The van der Waals surface area contributed by atoms with E-state index in [0.717, 1.165) is 20.6 Å². The Kier molecular flexibility index (Phi) is 48.5. The first-order valence-electron chi connectivity index (χ1n) is 16.0. The van der Waals surface area contributed by atoms with Crippen LogP contribution in [0.5, 0.6) is 0 Å². The molecule has 341 valence electrons. The molecule has 0 fully saturated rings. The maximum Gasteiger partial charge on any atom is 0.360 e. The van der Waals surface area contributed by atoms with Crippen LogP contribution in [-0.2, 0) is 69.1 Å². The molecule has 1 N–H and O–H groups in total. The van der Waals surface area contributed by atoms with Crippen molar-refractivity contribution >= 4 is 82.6 Å². The van der Waals surface area contributed by atoms with Crippen molar-refractivity contribution in [3.8, 4) is 0 Å². The molecule has 1 rings (SSSR count). The third-order valence-corrected chi connectivity index (χ3v) is 26.7. The number of carbonyl (C=O) groups is 2. The fourth-order valence-electron chi connectivity index (χ4n) is 5.18. The molecular weight excluding hydrogens is 852 g/mol. The Labute approximate surface area is 363 Å². The minimum atomic E-state index is -3.15. The minimum Gasteiger partial charge on any atom is -0.620 e. The van der Waals surface area contributed by atoms with Gasteiger partial charge in [0, 0.05) is 36.1 Å². The average molecular weight is 945 g/mol. The van der Waals surface area contributed by atoms with Gasteiger partial charge >= 0.3 is 38.3 Å². The van der Waals surface area contributed by atoms with Crippen molar-refractivity contribution in [3.63, 3.8) is 0 Å². The number of carbonyl (C=O) groups excluding carboxylic acids is 2. The van der Waals surface area contributed by atoms with Crippen LogP contribution in [0.1, 0.15) is 91.8 Å². The van der Waals surface area contributed by atoms with Gasteiger partial charge in [-0.25, -0.2) is 0 Å². The van der Waals surface area contributed by atoms with Crippen LogP contribution in [0.15, 0.2) is 24.3 Å². The Balaban J connectivity index is -0.000000351. The second kappa shape index (κ2) is 35.5. The molecule has 5 atom stereocenters. The average Bonchev–Trinajstić information content (AvgIpc) is 2.92. The van der Waals surface area contributed by atoms with Crippen molar-refractivity contribution in [3.05, 3.63) is 35.4 Å². The van der Waals surface area contributed by atoms with Crippen molar-refractivity contribution in [1.82, 2.24) is 0 Å². The third kappa shape index (κ3) is 33.6. The lowest BCUT2D eigenvalue weighted by atomic mass is 10.1. The largest absolute Gasteiger partial charge is 0.620 e. The lowest BCUT2D eigenvalue weighted by Gasteiger charge is -2.42. The molecule has 1 aromatic rings. The molecule has 0 aromatic heterocycles. The molecule has 0 aliphatic carbocycles. The smallest absolute Gasteiger partial charge is 0.360 e. The molecule has 0 spiro atoms. The van der Waals surface area contributed by atoms with Gasteiger partial charge in [0.1, 0.15) is 29.2 Å². The summed E-state index contributed by atoms with van der Waals surface area (Å²) < 4.78 is 37.7. The monoisotopic (exact) mass is 943 g/mol. The van der Waals surface area contributed by atoms with Crippen LogP contribution in [0.3, 0.4) is 0 Å². The van der Waals surface area contributed by atoms with E-state index in [1.165, 1.54) is 0 Å². The molecule has 1 aromatic carbocycles. The maximum absolute atomic E-state index is 13.3. The number of ether oxygens (including phenoxy) is 2. The minimum absolute atomic E-state index is 0. The van der Waals surface area contributed by atoms with Gasteiger partial charge in [-0.15, -0.1) is 0 Å². The van der Waals surface area contributed by atoms with Crippen LogP contribution in [0, 0.1) is 11.8 Å². The Hall–Kier alpha value is -0.256. The SMILES string of the molecule is C.C.C.C.C.C.C.C.C.CC(C[Si](C)(O[Si](C)O[Si](C)(C)C)O[Si](C)(CC(C)C(=O)OCCO)O[Si](C)(C)C)C(=O)OCCc1ccc(CC[P+]([O-])=S=S)cc1. The molecule has 0 saturated carbocycles. The van der Waals surface area contributed by atoms with Crippen LogP contribution in [-0.4, -0.2) is 86.1 Å². The van der Waals surface area contributed by atoms with Crippen LogP contribution in [0.4, 0.5) is 0 Å². The number of hydrogen-bond acceptors (Lipinski definition) is 11. The molecule has 0 amide bonds. The molecular formula is C38H92O10PS2Si5. The van der Waals surface area contributed by atoms with Crippen molar-refractivity contribution in [2.24, 2.45) is 11.8 Å². The van der Waals surface area contributed by atoms with Gasteiger partial charge in [-0.1, -0.05) is 105 Å². The molecule has 1 radical (unpaired) electrons. The fraction of sp³-hybridized carbons (Fsp3) is 0.789. The summed E-state index contributed by atoms with van der Waals surface area (Å²) in [5, 5.41) is 9.11. The number of aliphatic hydroxyl groups excluding tert-OH is 1. The van der Waals surface area contributed by atoms with E-state index in [9.17, 15) is 14.5 Å². The zero-order chi connectivity index (χ0) is 36.1. The Morgan fingerprint density at radius 1 is 0.714 bits per heavy atom. The van der Waals surface area contributed by atoms with Gasteiger partial charge in [0.15, 0.2) is 16.6 Å².